The largest absolute Gasteiger partial charge is 0.322 e. The molecule has 21 heavy (non-hydrogen) atoms. The quantitative estimate of drug-likeness (QED) is 0.757. The van der Waals surface area contributed by atoms with Crippen molar-refractivity contribution in [3.63, 3.8) is 0 Å². The molecule has 0 spiro atoms. The zero-order chi connectivity index (χ0) is 15.1. The van der Waals surface area contributed by atoms with E-state index in [0.717, 1.165) is 12.1 Å². The van der Waals surface area contributed by atoms with Gasteiger partial charge in [0, 0.05) is 12.1 Å². The Bertz CT molecular complexity index is 872. The Kier molecular flexibility index (Phi) is 3.23. The van der Waals surface area contributed by atoms with E-state index in [-0.39, 0.29) is 15.9 Å². The van der Waals surface area contributed by atoms with Crippen molar-refractivity contribution in [3.05, 3.63) is 51.4 Å². The first-order chi connectivity index (χ1) is 9.99. The molecule has 1 atom stereocenters. The number of nitrogens with two attached hydrogens (primary N) is 1. The summed E-state index contributed by atoms with van der Waals surface area (Å²) in [5.74, 6) is 0.148. The highest BCUT2D eigenvalue weighted by atomic mass is 35.5. The highest BCUT2D eigenvalue weighted by molar-refractivity contribution is 6.35. The average molecular weight is 308 g/mol. The summed E-state index contributed by atoms with van der Waals surface area (Å²) < 4.78 is 14.8. The minimum atomic E-state index is -0.561. The summed E-state index contributed by atoms with van der Waals surface area (Å²) in [4.78, 5) is 17.0. The van der Waals surface area contributed by atoms with Crippen LogP contribution in [-0.2, 0) is 0 Å². The average Bonchev–Trinajstić information content (AvgIpc) is 2.90. The van der Waals surface area contributed by atoms with E-state index in [9.17, 15) is 9.18 Å². The highest BCUT2D eigenvalue weighted by Crippen LogP contribution is 2.23. The molecule has 0 aliphatic carbocycles. The Labute approximate surface area is 123 Å². The van der Waals surface area contributed by atoms with Crippen LogP contribution in [0.5, 0.6) is 0 Å². The van der Waals surface area contributed by atoms with Crippen LogP contribution in [0.3, 0.4) is 0 Å². The fourth-order valence-electron chi connectivity index (χ4n) is 2.16. The molecule has 3 N–H and O–H groups in total. The smallest absolute Gasteiger partial charge is 0.268 e. The van der Waals surface area contributed by atoms with Gasteiger partial charge in [0.2, 0.25) is 0 Å². The molecule has 0 aliphatic rings. The first-order valence-corrected chi connectivity index (χ1v) is 6.54. The molecular weight excluding hydrogens is 297 g/mol. The number of hydrogen-bond donors (Lipinski definition) is 2. The molecular formula is C13H11ClFN5O. The summed E-state index contributed by atoms with van der Waals surface area (Å²) in [6.07, 6.45) is 1.50. The lowest BCUT2D eigenvalue weighted by molar-refractivity contribution is 0.628. The molecule has 3 aromatic rings. The maximum absolute atomic E-state index is 13.5. The molecule has 0 bridgehead atoms. The minimum absolute atomic E-state index is 0.00647. The molecule has 0 saturated heterocycles. The first-order valence-electron chi connectivity index (χ1n) is 6.16. The van der Waals surface area contributed by atoms with Crippen LogP contribution in [0.4, 0.5) is 4.39 Å². The predicted molar refractivity (Wildman–Crippen MR) is 77.1 cm³/mol. The number of halogens is 2. The van der Waals surface area contributed by atoms with Gasteiger partial charge in [-0.1, -0.05) is 11.6 Å². The lowest BCUT2D eigenvalue weighted by Gasteiger charge is -2.14. The van der Waals surface area contributed by atoms with Crippen molar-refractivity contribution in [2.45, 2.75) is 13.0 Å². The van der Waals surface area contributed by atoms with Gasteiger partial charge in [0.1, 0.15) is 17.5 Å². The molecule has 0 amide bonds. The summed E-state index contributed by atoms with van der Waals surface area (Å²) in [6.45, 7) is 1.68. The fourth-order valence-corrected chi connectivity index (χ4v) is 2.44. The summed E-state index contributed by atoms with van der Waals surface area (Å²) in [7, 11) is 0. The molecule has 0 saturated carbocycles. The molecule has 0 fully saturated rings. The second-order valence-corrected chi connectivity index (χ2v) is 5.03. The number of benzene rings is 1. The third-order valence-corrected chi connectivity index (χ3v) is 3.35. The number of nitrogens with one attached hydrogen (secondary N) is 1. The van der Waals surface area contributed by atoms with Crippen molar-refractivity contribution in [2.24, 2.45) is 5.73 Å². The van der Waals surface area contributed by atoms with E-state index in [1.54, 1.807) is 13.0 Å². The van der Waals surface area contributed by atoms with Gasteiger partial charge in [-0.15, -0.1) is 0 Å². The van der Waals surface area contributed by atoms with Gasteiger partial charge >= 0.3 is 0 Å². The summed E-state index contributed by atoms with van der Waals surface area (Å²) >= 11 is 5.98. The van der Waals surface area contributed by atoms with Gasteiger partial charge in [-0.25, -0.2) is 13.9 Å². The van der Waals surface area contributed by atoms with Gasteiger partial charge in [-0.05, 0) is 13.0 Å². The van der Waals surface area contributed by atoms with Crippen molar-refractivity contribution in [1.29, 1.82) is 0 Å². The molecule has 0 radical (unpaired) electrons. The fraction of sp³-hybridized carbons (Fsp3) is 0.154. The molecule has 3 rings (SSSR count). The Morgan fingerprint density at radius 1 is 1.48 bits per heavy atom. The maximum Gasteiger partial charge on any atom is 0.268 e. The van der Waals surface area contributed by atoms with Crippen LogP contribution in [0.25, 0.3) is 16.7 Å². The Morgan fingerprint density at radius 3 is 2.86 bits per heavy atom. The summed E-state index contributed by atoms with van der Waals surface area (Å²) in [5.41, 5.74) is 5.62. The normalized spacial score (nSPS) is 12.8. The van der Waals surface area contributed by atoms with Crippen LogP contribution in [-0.4, -0.2) is 19.7 Å². The molecule has 0 aliphatic heterocycles. The van der Waals surface area contributed by atoms with E-state index < -0.39 is 17.4 Å². The van der Waals surface area contributed by atoms with E-state index in [4.69, 9.17) is 17.3 Å². The van der Waals surface area contributed by atoms with Gasteiger partial charge < -0.3 is 5.73 Å². The van der Waals surface area contributed by atoms with E-state index in [0.29, 0.717) is 11.6 Å². The molecule has 0 unspecified atom stereocenters. The van der Waals surface area contributed by atoms with Gasteiger partial charge in [-0.3, -0.25) is 9.89 Å². The Balaban J connectivity index is 2.49. The predicted octanol–water partition coefficient (Wildman–Crippen LogP) is 1.92. The van der Waals surface area contributed by atoms with Crippen LogP contribution in [0, 0.1) is 5.82 Å². The number of H-pyrrole nitrogens is 1. The van der Waals surface area contributed by atoms with Crippen molar-refractivity contribution in [2.75, 3.05) is 0 Å². The maximum atomic E-state index is 13.5. The number of aromatic amines is 1. The highest BCUT2D eigenvalue weighted by Gasteiger charge is 2.18. The molecule has 108 valence electrons. The van der Waals surface area contributed by atoms with E-state index in [1.165, 1.54) is 10.8 Å². The second kappa shape index (κ2) is 4.94. The van der Waals surface area contributed by atoms with Crippen LogP contribution < -0.4 is 11.3 Å². The van der Waals surface area contributed by atoms with Crippen LogP contribution in [0.1, 0.15) is 18.8 Å². The molecule has 2 aromatic heterocycles. The SMILES string of the molecule is C[C@H](N)c1nc2cc(F)cc(Cl)c2c(=O)n1-c1ccn[nH]1. The van der Waals surface area contributed by atoms with E-state index >= 15 is 0 Å². The van der Waals surface area contributed by atoms with Crippen molar-refractivity contribution >= 4 is 22.5 Å². The number of rotatable bonds is 2. The number of fused-ring (bicyclic) bond motifs is 1. The molecule has 8 heteroatoms. The lowest BCUT2D eigenvalue weighted by atomic mass is 10.2. The van der Waals surface area contributed by atoms with Crippen LogP contribution >= 0.6 is 11.6 Å². The number of hydrogen-bond acceptors (Lipinski definition) is 4. The van der Waals surface area contributed by atoms with Gasteiger partial charge in [0.05, 0.1) is 28.2 Å². The topological polar surface area (TPSA) is 89.6 Å². The first kappa shape index (κ1) is 13.7. The number of aromatic nitrogens is 4. The number of nitrogens with zero attached hydrogens (tertiary/aromatic N) is 3. The molecule has 2 heterocycles. The van der Waals surface area contributed by atoms with Crippen LogP contribution in [0.2, 0.25) is 5.02 Å². The molecule has 1 aromatic carbocycles. The summed E-state index contributed by atoms with van der Waals surface area (Å²) in [5, 5.41) is 6.64. The lowest BCUT2D eigenvalue weighted by Crippen LogP contribution is -2.28. The third kappa shape index (κ3) is 2.20. The van der Waals surface area contributed by atoms with E-state index in [1.807, 2.05) is 0 Å². The second-order valence-electron chi connectivity index (χ2n) is 4.62. The van der Waals surface area contributed by atoms with Crippen molar-refractivity contribution in [3.8, 4) is 5.82 Å². The monoisotopic (exact) mass is 307 g/mol. The van der Waals surface area contributed by atoms with Gasteiger partial charge in [0.15, 0.2) is 0 Å². The van der Waals surface area contributed by atoms with Gasteiger partial charge in [-0.2, -0.15) is 5.10 Å². The van der Waals surface area contributed by atoms with Crippen molar-refractivity contribution in [1.82, 2.24) is 19.7 Å². The zero-order valence-electron chi connectivity index (χ0n) is 11.0. The summed E-state index contributed by atoms with van der Waals surface area (Å²) in [6, 6.07) is 3.31. The Morgan fingerprint density at radius 2 is 2.24 bits per heavy atom. The van der Waals surface area contributed by atoms with Crippen LogP contribution in [0.15, 0.2) is 29.2 Å². The van der Waals surface area contributed by atoms with Crippen molar-refractivity contribution < 1.29 is 4.39 Å². The standard InChI is InChI=1S/C13H11ClFN5O/c1-6(16)12-18-9-5-7(15)4-8(14)11(9)13(21)20(12)10-2-3-17-19-10/h2-6H,16H2,1H3,(H,17,19)/t6-/m0/s1. The minimum Gasteiger partial charge on any atom is -0.322 e. The molecule has 6 nitrogen and oxygen atoms in total. The Hall–Kier alpha value is -2.25. The third-order valence-electron chi connectivity index (χ3n) is 3.05. The van der Waals surface area contributed by atoms with E-state index in [2.05, 4.69) is 15.2 Å². The zero-order valence-corrected chi connectivity index (χ0v) is 11.7. The van der Waals surface area contributed by atoms with Gasteiger partial charge in [0.25, 0.3) is 5.56 Å².